The molecule has 6 heteroatoms. The first kappa shape index (κ1) is 14.2. The normalized spacial score (nSPS) is 17.9. The second kappa shape index (κ2) is 4.70. The molecule has 1 aliphatic heterocycles. The van der Waals surface area contributed by atoms with Crippen LogP contribution in [0.15, 0.2) is 18.2 Å². The summed E-state index contributed by atoms with van der Waals surface area (Å²) in [5.41, 5.74) is -0.623. The molecule has 0 aliphatic carbocycles. The molecular weight excluding hydrogens is 263 g/mol. The molecule has 1 aliphatic rings. The molecule has 0 bridgehead atoms. The van der Waals surface area contributed by atoms with Crippen molar-refractivity contribution in [3.8, 4) is 0 Å². The number of piperazine rings is 1. The molecule has 1 N–H and O–H groups in total. The first-order valence-corrected chi connectivity index (χ1v) is 6.16. The summed E-state index contributed by atoms with van der Waals surface area (Å²) in [5.74, 6) is -2.49. The number of aryl methyl sites for hydroxylation is 1. The maximum atomic E-state index is 13.8. The van der Waals surface area contributed by atoms with E-state index in [0.29, 0.717) is 0 Å². The van der Waals surface area contributed by atoms with Crippen molar-refractivity contribution in [1.82, 2.24) is 10.2 Å². The van der Waals surface area contributed by atoms with E-state index in [4.69, 9.17) is 0 Å². The summed E-state index contributed by atoms with van der Waals surface area (Å²) >= 11 is 0. The van der Waals surface area contributed by atoms with Crippen molar-refractivity contribution in [2.24, 2.45) is 0 Å². The van der Waals surface area contributed by atoms with Crippen molar-refractivity contribution >= 4 is 17.7 Å². The third-order valence-electron chi connectivity index (χ3n) is 3.38. The molecule has 0 spiro atoms. The number of benzene rings is 1. The Kier molecular flexibility index (Phi) is 3.33. The van der Waals surface area contributed by atoms with Gasteiger partial charge in [-0.1, -0.05) is 11.6 Å². The van der Waals surface area contributed by atoms with Gasteiger partial charge in [0.15, 0.2) is 0 Å². The minimum Gasteiger partial charge on any atom is -0.315 e. The molecule has 3 amide bonds. The van der Waals surface area contributed by atoms with Crippen LogP contribution in [-0.4, -0.2) is 34.7 Å². The number of nitrogens with one attached hydrogen (secondary N) is 1. The Morgan fingerprint density at radius 1 is 1.35 bits per heavy atom. The van der Waals surface area contributed by atoms with E-state index in [9.17, 15) is 18.8 Å². The first-order valence-electron chi connectivity index (χ1n) is 6.16. The van der Waals surface area contributed by atoms with E-state index >= 15 is 0 Å². The molecule has 106 valence electrons. The van der Waals surface area contributed by atoms with Gasteiger partial charge >= 0.3 is 0 Å². The van der Waals surface area contributed by atoms with E-state index in [-0.39, 0.29) is 12.1 Å². The van der Waals surface area contributed by atoms with Crippen molar-refractivity contribution in [1.29, 1.82) is 0 Å². The van der Waals surface area contributed by atoms with Crippen LogP contribution in [0.3, 0.4) is 0 Å². The summed E-state index contributed by atoms with van der Waals surface area (Å²) in [4.78, 5) is 36.8. The first-order chi connectivity index (χ1) is 9.23. The van der Waals surface area contributed by atoms with Gasteiger partial charge in [0.2, 0.25) is 5.91 Å². The van der Waals surface area contributed by atoms with Crippen molar-refractivity contribution in [2.75, 3.05) is 6.54 Å². The topological polar surface area (TPSA) is 66.5 Å². The Hall–Kier alpha value is -2.24. The Morgan fingerprint density at radius 3 is 2.65 bits per heavy atom. The van der Waals surface area contributed by atoms with Gasteiger partial charge < -0.3 is 4.90 Å². The van der Waals surface area contributed by atoms with Gasteiger partial charge in [-0.15, -0.1) is 0 Å². The summed E-state index contributed by atoms with van der Waals surface area (Å²) in [6.45, 7) is 4.49. The van der Waals surface area contributed by atoms with Gasteiger partial charge in [0.05, 0.1) is 5.56 Å². The van der Waals surface area contributed by atoms with E-state index in [0.717, 1.165) is 10.5 Å². The number of nitrogens with zero attached hydrogens (tertiary/aromatic N) is 1. The summed E-state index contributed by atoms with van der Waals surface area (Å²) in [5, 5.41) is 2.17. The lowest BCUT2D eigenvalue weighted by molar-refractivity contribution is -0.143. The smallest absolute Gasteiger partial charge is 0.258 e. The molecule has 1 heterocycles. The van der Waals surface area contributed by atoms with Crippen LogP contribution in [0.1, 0.15) is 29.8 Å². The lowest BCUT2D eigenvalue weighted by Crippen LogP contribution is -2.65. The largest absolute Gasteiger partial charge is 0.315 e. The number of amides is 3. The Balaban J connectivity index is 2.43. The van der Waals surface area contributed by atoms with Gasteiger partial charge in [-0.3, -0.25) is 19.7 Å². The molecule has 0 radical (unpaired) electrons. The van der Waals surface area contributed by atoms with Crippen molar-refractivity contribution in [3.63, 3.8) is 0 Å². The summed E-state index contributed by atoms with van der Waals surface area (Å²) in [6.07, 6.45) is 0. The van der Waals surface area contributed by atoms with Crippen LogP contribution >= 0.6 is 0 Å². The zero-order chi connectivity index (χ0) is 15.1. The molecule has 0 atom stereocenters. The zero-order valence-electron chi connectivity index (χ0n) is 11.5. The number of carbonyl (C=O) groups excluding carboxylic acids is 3. The van der Waals surface area contributed by atoms with Crippen molar-refractivity contribution in [2.45, 2.75) is 26.3 Å². The number of carbonyl (C=O) groups is 3. The molecule has 0 saturated carbocycles. The maximum Gasteiger partial charge on any atom is 0.258 e. The molecule has 1 aromatic carbocycles. The second-order valence-electron chi connectivity index (χ2n) is 5.31. The SMILES string of the molecule is Cc1ccc(F)c(C(=O)N2CC(=O)NC(=O)C2(C)C)c1. The molecule has 1 fully saturated rings. The summed E-state index contributed by atoms with van der Waals surface area (Å²) in [7, 11) is 0. The lowest BCUT2D eigenvalue weighted by atomic mass is 9.97. The van der Waals surface area contributed by atoms with Gasteiger partial charge in [0.25, 0.3) is 11.8 Å². The highest BCUT2D eigenvalue weighted by Crippen LogP contribution is 2.22. The molecule has 2 rings (SSSR count). The van der Waals surface area contributed by atoms with E-state index in [2.05, 4.69) is 5.32 Å². The number of imide groups is 1. The monoisotopic (exact) mass is 278 g/mol. The molecular formula is C14H15FN2O3. The van der Waals surface area contributed by atoms with Crippen molar-refractivity contribution in [3.05, 3.63) is 35.1 Å². The van der Waals surface area contributed by atoms with Gasteiger partial charge in [-0.25, -0.2) is 4.39 Å². The van der Waals surface area contributed by atoms with Crippen LogP contribution in [-0.2, 0) is 9.59 Å². The molecule has 1 aromatic rings. The van der Waals surface area contributed by atoms with Crippen LogP contribution in [0.5, 0.6) is 0 Å². The zero-order valence-corrected chi connectivity index (χ0v) is 11.5. The molecule has 0 unspecified atom stereocenters. The van der Waals surface area contributed by atoms with Gasteiger partial charge in [0, 0.05) is 0 Å². The summed E-state index contributed by atoms with van der Waals surface area (Å²) in [6, 6.07) is 4.15. The Morgan fingerprint density at radius 2 is 2.00 bits per heavy atom. The fraction of sp³-hybridized carbons (Fsp3) is 0.357. The highest BCUT2D eigenvalue weighted by molar-refractivity contribution is 6.08. The Bertz CT molecular complexity index is 610. The minimum absolute atomic E-state index is 0.138. The van der Waals surface area contributed by atoms with Crippen molar-refractivity contribution < 1.29 is 18.8 Å². The predicted octanol–water partition coefficient (Wildman–Crippen LogP) is 1.01. The third kappa shape index (κ3) is 2.29. The van der Waals surface area contributed by atoms with Crippen LogP contribution in [0.4, 0.5) is 4.39 Å². The average Bonchev–Trinajstić information content (AvgIpc) is 2.36. The van der Waals surface area contributed by atoms with Gasteiger partial charge in [-0.05, 0) is 32.9 Å². The molecule has 1 saturated heterocycles. The average molecular weight is 278 g/mol. The van der Waals surface area contributed by atoms with E-state index in [1.54, 1.807) is 13.0 Å². The quantitative estimate of drug-likeness (QED) is 0.780. The number of hydrogen-bond acceptors (Lipinski definition) is 3. The number of hydrogen-bond donors (Lipinski definition) is 1. The van der Waals surface area contributed by atoms with E-state index in [1.165, 1.54) is 26.0 Å². The van der Waals surface area contributed by atoms with E-state index in [1.807, 2.05) is 0 Å². The number of rotatable bonds is 1. The summed E-state index contributed by atoms with van der Waals surface area (Å²) < 4.78 is 13.8. The number of halogens is 1. The highest BCUT2D eigenvalue weighted by Gasteiger charge is 2.44. The maximum absolute atomic E-state index is 13.8. The van der Waals surface area contributed by atoms with Crippen LogP contribution < -0.4 is 5.32 Å². The predicted molar refractivity (Wildman–Crippen MR) is 69.4 cm³/mol. The van der Waals surface area contributed by atoms with Gasteiger partial charge in [0.1, 0.15) is 17.9 Å². The standard InChI is InChI=1S/C14H15FN2O3/c1-8-4-5-10(15)9(6-8)12(19)17-7-11(18)16-13(20)14(17,2)3/h4-6H,7H2,1-3H3,(H,16,18,20). The third-order valence-corrected chi connectivity index (χ3v) is 3.38. The lowest BCUT2D eigenvalue weighted by Gasteiger charge is -2.40. The van der Waals surface area contributed by atoms with Gasteiger partial charge in [-0.2, -0.15) is 0 Å². The van der Waals surface area contributed by atoms with Crippen LogP contribution in [0.25, 0.3) is 0 Å². The molecule has 20 heavy (non-hydrogen) atoms. The minimum atomic E-state index is -1.21. The molecule has 0 aromatic heterocycles. The Labute approximate surface area is 115 Å². The fourth-order valence-corrected chi connectivity index (χ4v) is 2.06. The highest BCUT2D eigenvalue weighted by atomic mass is 19.1. The van der Waals surface area contributed by atoms with Crippen LogP contribution in [0, 0.1) is 12.7 Å². The molecule has 5 nitrogen and oxygen atoms in total. The van der Waals surface area contributed by atoms with E-state index < -0.39 is 29.1 Å². The van der Waals surface area contributed by atoms with Crippen LogP contribution in [0.2, 0.25) is 0 Å². The fourth-order valence-electron chi connectivity index (χ4n) is 2.06. The second-order valence-corrected chi connectivity index (χ2v) is 5.31.